The SMILES string of the molecule is Fc1cccc2c1CCC2Nc1ccc2c(c1)CCO2. The van der Waals surface area contributed by atoms with Crippen molar-refractivity contribution in [3.8, 4) is 5.75 Å². The molecule has 4 rings (SSSR count). The Kier molecular flexibility index (Phi) is 2.66. The molecular formula is C17H16FNO. The molecule has 2 aromatic carbocycles. The zero-order valence-electron chi connectivity index (χ0n) is 11.2. The van der Waals surface area contributed by atoms with Crippen LogP contribution in [0.1, 0.15) is 29.2 Å². The second-order valence-corrected chi connectivity index (χ2v) is 5.46. The fourth-order valence-corrected chi connectivity index (χ4v) is 3.24. The Hall–Kier alpha value is -2.03. The van der Waals surface area contributed by atoms with E-state index < -0.39 is 0 Å². The lowest BCUT2D eigenvalue weighted by molar-refractivity contribution is 0.357. The van der Waals surface area contributed by atoms with Gasteiger partial charge in [-0.3, -0.25) is 0 Å². The second kappa shape index (κ2) is 4.51. The summed E-state index contributed by atoms with van der Waals surface area (Å²) in [5.74, 6) is 0.919. The Morgan fingerprint density at radius 3 is 3.05 bits per heavy atom. The van der Waals surface area contributed by atoms with Gasteiger partial charge in [0.2, 0.25) is 0 Å². The number of rotatable bonds is 2. The van der Waals surface area contributed by atoms with Crippen LogP contribution in [0.2, 0.25) is 0 Å². The van der Waals surface area contributed by atoms with Crippen molar-refractivity contribution < 1.29 is 9.13 Å². The standard InChI is InChI=1S/C17H16FNO/c18-15-3-1-2-14-13(15)5-6-16(14)19-12-4-7-17-11(10-12)8-9-20-17/h1-4,7,10,16,19H,5-6,8-9H2. The first-order valence-electron chi connectivity index (χ1n) is 7.11. The molecule has 2 aliphatic rings. The van der Waals surface area contributed by atoms with Gasteiger partial charge in [-0.05, 0) is 53.8 Å². The summed E-state index contributed by atoms with van der Waals surface area (Å²) in [5.41, 5.74) is 4.32. The molecule has 0 spiro atoms. The number of nitrogens with one attached hydrogen (secondary N) is 1. The second-order valence-electron chi connectivity index (χ2n) is 5.46. The van der Waals surface area contributed by atoms with E-state index in [2.05, 4.69) is 11.4 Å². The van der Waals surface area contributed by atoms with Crippen molar-refractivity contribution in [3.63, 3.8) is 0 Å². The van der Waals surface area contributed by atoms with Crippen molar-refractivity contribution in [2.45, 2.75) is 25.3 Å². The van der Waals surface area contributed by atoms with Crippen molar-refractivity contribution in [1.29, 1.82) is 0 Å². The molecule has 0 radical (unpaired) electrons. The Balaban J connectivity index is 1.61. The molecule has 102 valence electrons. The molecule has 1 heterocycles. The van der Waals surface area contributed by atoms with E-state index in [0.29, 0.717) is 0 Å². The maximum Gasteiger partial charge on any atom is 0.126 e. The van der Waals surface area contributed by atoms with Crippen molar-refractivity contribution in [2.75, 3.05) is 11.9 Å². The van der Waals surface area contributed by atoms with Gasteiger partial charge in [0.15, 0.2) is 0 Å². The molecule has 2 nitrogen and oxygen atoms in total. The molecule has 0 saturated carbocycles. The summed E-state index contributed by atoms with van der Waals surface area (Å²) in [7, 11) is 0. The van der Waals surface area contributed by atoms with Gasteiger partial charge in [-0.25, -0.2) is 4.39 Å². The molecule has 0 amide bonds. The first-order chi connectivity index (χ1) is 9.81. The third-order valence-electron chi connectivity index (χ3n) is 4.24. The highest BCUT2D eigenvalue weighted by molar-refractivity contribution is 5.54. The molecule has 3 heteroatoms. The van der Waals surface area contributed by atoms with Gasteiger partial charge in [0.05, 0.1) is 12.6 Å². The molecule has 1 aliphatic heterocycles. The lowest BCUT2D eigenvalue weighted by Crippen LogP contribution is -2.07. The minimum Gasteiger partial charge on any atom is -0.493 e. The van der Waals surface area contributed by atoms with E-state index in [1.807, 2.05) is 18.2 Å². The van der Waals surface area contributed by atoms with Crippen LogP contribution in [0.5, 0.6) is 5.75 Å². The fourth-order valence-electron chi connectivity index (χ4n) is 3.24. The van der Waals surface area contributed by atoms with E-state index in [-0.39, 0.29) is 11.9 Å². The smallest absolute Gasteiger partial charge is 0.126 e. The normalized spacial score (nSPS) is 19.4. The average molecular weight is 269 g/mol. The first kappa shape index (κ1) is 11.8. The highest BCUT2D eigenvalue weighted by atomic mass is 19.1. The summed E-state index contributed by atoms with van der Waals surface area (Å²) in [5, 5.41) is 3.53. The third kappa shape index (κ3) is 1.85. The van der Waals surface area contributed by atoms with Crippen LogP contribution in [0.4, 0.5) is 10.1 Å². The largest absolute Gasteiger partial charge is 0.493 e. The number of benzene rings is 2. The lowest BCUT2D eigenvalue weighted by atomic mass is 10.1. The maximum absolute atomic E-state index is 13.7. The van der Waals surface area contributed by atoms with Crippen molar-refractivity contribution in [3.05, 3.63) is 58.9 Å². The molecule has 20 heavy (non-hydrogen) atoms. The summed E-state index contributed by atoms with van der Waals surface area (Å²) in [6.45, 7) is 0.774. The first-order valence-corrected chi connectivity index (χ1v) is 7.11. The molecular weight excluding hydrogens is 253 g/mol. The van der Waals surface area contributed by atoms with E-state index in [0.717, 1.165) is 48.4 Å². The highest BCUT2D eigenvalue weighted by Crippen LogP contribution is 2.36. The molecule has 0 bridgehead atoms. The van der Waals surface area contributed by atoms with E-state index in [1.165, 1.54) is 5.56 Å². The van der Waals surface area contributed by atoms with Gasteiger partial charge >= 0.3 is 0 Å². The Labute approximate surface area is 117 Å². The Bertz CT molecular complexity index is 668. The van der Waals surface area contributed by atoms with Crippen LogP contribution >= 0.6 is 0 Å². The Morgan fingerprint density at radius 1 is 1.15 bits per heavy atom. The molecule has 2 aromatic rings. The minimum absolute atomic E-state index is 0.0749. The molecule has 0 saturated heterocycles. The molecule has 0 aromatic heterocycles. The van der Waals surface area contributed by atoms with Crippen molar-refractivity contribution in [2.24, 2.45) is 0 Å². The summed E-state index contributed by atoms with van der Waals surface area (Å²) in [6, 6.07) is 11.8. The number of anilines is 1. The van der Waals surface area contributed by atoms with Gasteiger partial charge in [0.25, 0.3) is 0 Å². The Morgan fingerprint density at radius 2 is 2.10 bits per heavy atom. The summed E-state index contributed by atoms with van der Waals surface area (Å²) >= 11 is 0. The zero-order chi connectivity index (χ0) is 13.5. The van der Waals surface area contributed by atoms with Gasteiger partial charge in [-0.1, -0.05) is 12.1 Å². The predicted octanol–water partition coefficient (Wildman–Crippen LogP) is 3.86. The van der Waals surface area contributed by atoms with E-state index in [4.69, 9.17) is 4.74 Å². The van der Waals surface area contributed by atoms with Crippen LogP contribution < -0.4 is 10.1 Å². The van der Waals surface area contributed by atoms with Crippen molar-refractivity contribution >= 4 is 5.69 Å². The van der Waals surface area contributed by atoms with Gasteiger partial charge in [-0.2, -0.15) is 0 Å². The quantitative estimate of drug-likeness (QED) is 0.894. The molecule has 1 aliphatic carbocycles. The van der Waals surface area contributed by atoms with Crippen LogP contribution in [0.15, 0.2) is 36.4 Å². The average Bonchev–Trinajstić information content (AvgIpc) is 3.06. The van der Waals surface area contributed by atoms with E-state index >= 15 is 0 Å². The summed E-state index contributed by atoms with van der Waals surface area (Å²) in [6.07, 6.45) is 2.73. The topological polar surface area (TPSA) is 21.3 Å². The predicted molar refractivity (Wildman–Crippen MR) is 76.7 cm³/mol. The zero-order valence-corrected chi connectivity index (χ0v) is 11.2. The van der Waals surface area contributed by atoms with Gasteiger partial charge in [-0.15, -0.1) is 0 Å². The fraction of sp³-hybridized carbons (Fsp3) is 0.294. The number of halogens is 1. The van der Waals surface area contributed by atoms with Gasteiger partial charge in [0.1, 0.15) is 11.6 Å². The van der Waals surface area contributed by atoms with Gasteiger partial charge < -0.3 is 10.1 Å². The van der Waals surface area contributed by atoms with Crippen LogP contribution in [0, 0.1) is 5.82 Å². The van der Waals surface area contributed by atoms with Gasteiger partial charge in [0, 0.05) is 12.1 Å². The maximum atomic E-state index is 13.7. The van der Waals surface area contributed by atoms with E-state index in [1.54, 1.807) is 12.1 Å². The number of fused-ring (bicyclic) bond motifs is 2. The summed E-state index contributed by atoms with van der Waals surface area (Å²) < 4.78 is 19.3. The molecule has 0 fully saturated rings. The summed E-state index contributed by atoms with van der Waals surface area (Å²) in [4.78, 5) is 0. The van der Waals surface area contributed by atoms with Crippen LogP contribution in [0.25, 0.3) is 0 Å². The van der Waals surface area contributed by atoms with Crippen molar-refractivity contribution in [1.82, 2.24) is 0 Å². The van der Waals surface area contributed by atoms with Crippen LogP contribution in [0.3, 0.4) is 0 Å². The lowest BCUT2D eigenvalue weighted by Gasteiger charge is -2.16. The molecule has 1 unspecified atom stereocenters. The molecule has 1 N–H and O–H groups in total. The van der Waals surface area contributed by atoms with E-state index in [9.17, 15) is 4.39 Å². The van der Waals surface area contributed by atoms with Crippen LogP contribution in [-0.2, 0) is 12.8 Å². The number of hydrogen-bond acceptors (Lipinski definition) is 2. The minimum atomic E-state index is -0.0749. The highest BCUT2D eigenvalue weighted by Gasteiger charge is 2.25. The number of hydrogen-bond donors (Lipinski definition) is 1. The van der Waals surface area contributed by atoms with Crippen LogP contribution in [-0.4, -0.2) is 6.61 Å². The monoisotopic (exact) mass is 269 g/mol. The third-order valence-corrected chi connectivity index (χ3v) is 4.24. The molecule has 1 atom stereocenters. The number of ether oxygens (including phenoxy) is 1.